The van der Waals surface area contributed by atoms with Crippen molar-refractivity contribution in [1.82, 2.24) is 5.32 Å². The third-order valence-corrected chi connectivity index (χ3v) is 3.62. The number of carbonyl (C=O) groups is 2. The highest BCUT2D eigenvalue weighted by atomic mass is 16.6. The molecule has 0 heterocycles. The van der Waals surface area contributed by atoms with E-state index in [0.29, 0.717) is 16.7 Å². The van der Waals surface area contributed by atoms with Crippen molar-refractivity contribution in [2.75, 3.05) is 0 Å². The van der Waals surface area contributed by atoms with E-state index in [0.717, 1.165) is 0 Å². The lowest BCUT2D eigenvalue weighted by Gasteiger charge is -2.15. The number of hydrogen-bond acceptors (Lipinski definition) is 5. The Morgan fingerprint density at radius 1 is 1.19 bits per heavy atom. The van der Waals surface area contributed by atoms with Gasteiger partial charge in [-0.2, -0.15) is 5.26 Å². The summed E-state index contributed by atoms with van der Waals surface area (Å²) in [6.45, 7) is 0. The minimum Gasteiger partial charge on any atom is -0.480 e. The number of rotatable bonds is 7. The van der Waals surface area contributed by atoms with Crippen LogP contribution in [0.3, 0.4) is 0 Å². The number of nitro benzene ring substituents is 1. The maximum atomic E-state index is 12.1. The SMILES string of the molecule is N#Cc1cccc(C[C@H](NC(=O)Cc2cccc([N+](=O)[O-])c2)C(=O)O)c1. The van der Waals surface area contributed by atoms with E-state index in [1.165, 1.54) is 18.2 Å². The van der Waals surface area contributed by atoms with Gasteiger partial charge in [0.1, 0.15) is 6.04 Å². The number of carbonyl (C=O) groups excluding carboxylic acids is 1. The van der Waals surface area contributed by atoms with Gasteiger partial charge >= 0.3 is 5.97 Å². The van der Waals surface area contributed by atoms with E-state index in [9.17, 15) is 24.8 Å². The van der Waals surface area contributed by atoms with Gasteiger partial charge in [0.15, 0.2) is 0 Å². The maximum Gasteiger partial charge on any atom is 0.326 e. The van der Waals surface area contributed by atoms with Crippen molar-refractivity contribution in [3.63, 3.8) is 0 Å². The first-order chi connectivity index (χ1) is 12.4. The van der Waals surface area contributed by atoms with E-state index in [1.807, 2.05) is 6.07 Å². The van der Waals surface area contributed by atoms with Gasteiger partial charge in [-0.3, -0.25) is 14.9 Å². The number of non-ortho nitro benzene ring substituents is 1. The number of carboxylic acid groups (broad SMARTS) is 1. The van der Waals surface area contributed by atoms with E-state index >= 15 is 0 Å². The lowest BCUT2D eigenvalue weighted by molar-refractivity contribution is -0.384. The second-order valence-corrected chi connectivity index (χ2v) is 5.58. The van der Waals surface area contributed by atoms with Crippen LogP contribution in [-0.4, -0.2) is 27.9 Å². The molecule has 0 fully saturated rings. The molecule has 0 bridgehead atoms. The van der Waals surface area contributed by atoms with Gasteiger partial charge in [-0.05, 0) is 23.3 Å². The van der Waals surface area contributed by atoms with Crippen LogP contribution in [0.15, 0.2) is 48.5 Å². The summed E-state index contributed by atoms with van der Waals surface area (Å²) in [4.78, 5) is 33.7. The highest BCUT2D eigenvalue weighted by Gasteiger charge is 2.21. The highest BCUT2D eigenvalue weighted by Crippen LogP contribution is 2.14. The van der Waals surface area contributed by atoms with Crippen molar-refractivity contribution in [2.45, 2.75) is 18.9 Å². The topological polar surface area (TPSA) is 133 Å². The molecule has 8 nitrogen and oxygen atoms in total. The fourth-order valence-corrected chi connectivity index (χ4v) is 2.41. The Morgan fingerprint density at radius 2 is 1.88 bits per heavy atom. The molecule has 1 atom stereocenters. The average Bonchev–Trinajstić information content (AvgIpc) is 2.61. The number of nitro groups is 1. The number of nitrogens with one attached hydrogen (secondary N) is 1. The molecule has 0 unspecified atom stereocenters. The summed E-state index contributed by atoms with van der Waals surface area (Å²) in [5.74, 6) is -1.77. The van der Waals surface area contributed by atoms with E-state index in [4.69, 9.17) is 5.26 Å². The molecule has 0 aromatic heterocycles. The molecule has 2 aromatic carbocycles. The summed E-state index contributed by atoms with van der Waals surface area (Å²) in [6.07, 6.45) is -0.158. The third-order valence-electron chi connectivity index (χ3n) is 3.62. The van der Waals surface area contributed by atoms with Gasteiger partial charge in [-0.1, -0.05) is 24.3 Å². The van der Waals surface area contributed by atoms with Crippen molar-refractivity contribution in [1.29, 1.82) is 5.26 Å². The van der Waals surface area contributed by atoms with Crippen LogP contribution in [0.5, 0.6) is 0 Å². The van der Waals surface area contributed by atoms with Crippen LogP contribution in [-0.2, 0) is 22.4 Å². The number of benzene rings is 2. The minimum atomic E-state index is -1.21. The molecule has 2 aromatic rings. The normalized spacial score (nSPS) is 11.2. The van der Waals surface area contributed by atoms with Crippen LogP contribution in [0.25, 0.3) is 0 Å². The van der Waals surface area contributed by atoms with Crippen LogP contribution in [0, 0.1) is 21.4 Å². The smallest absolute Gasteiger partial charge is 0.326 e. The van der Waals surface area contributed by atoms with E-state index < -0.39 is 22.8 Å². The number of nitriles is 1. The summed E-state index contributed by atoms with van der Waals surface area (Å²) in [6, 6.07) is 12.9. The molecule has 1 amide bonds. The zero-order valence-electron chi connectivity index (χ0n) is 13.6. The lowest BCUT2D eigenvalue weighted by Crippen LogP contribution is -2.43. The largest absolute Gasteiger partial charge is 0.480 e. The summed E-state index contributed by atoms with van der Waals surface area (Å²) in [7, 11) is 0. The quantitative estimate of drug-likeness (QED) is 0.576. The van der Waals surface area contributed by atoms with Gasteiger partial charge in [0.2, 0.25) is 5.91 Å². The Kier molecular flexibility index (Phi) is 6.01. The standard InChI is InChI=1S/C18H15N3O5/c19-11-14-5-1-3-12(7-14)9-16(18(23)24)20-17(22)10-13-4-2-6-15(8-13)21(25)26/h1-8,16H,9-10H2,(H,20,22)(H,23,24)/t16-/m0/s1. The second-order valence-electron chi connectivity index (χ2n) is 5.58. The molecule has 2 rings (SSSR count). The first-order valence-electron chi connectivity index (χ1n) is 7.63. The number of aliphatic carboxylic acids is 1. The zero-order valence-corrected chi connectivity index (χ0v) is 13.6. The predicted molar refractivity (Wildman–Crippen MR) is 91.2 cm³/mol. The van der Waals surface area contributed by atoms with E-state index in [-0.39, 0.29) is 18.5 Å². The van der Waals surface area contributed by atoms with Crippen LogP contribution in [0.2, 0.25) is 0 Å². The second kappa shape index (κ2) is 8.39. The molecule has 132 valence electrons. The fourth-order valence-electron chi connectivity index (χ4n) is 2.41. The zero-order chi connectivity index (χ0) is 19.1. The van der Waals surface area contributed by atoms with Gasteiger partial charge < -0.3 is 10.4 Å². The van der Waals surface area contributed by atoms with Crippen molar-refractivity contribution >= 4 is 17.6 Å². The van der Waals surface area contributed by atoms with Gasteiger partial charge in [-0.25, -0.2) is 4.79 Å². The Hall–Kier alpha value is -3.73. The van der Waals surface area contributed by atoms with Crippen molar-refractivity contribution in [3.05, 3.63) is 75.3 Å². The number of nitrogens with zero attached hydrogens (tertiary/aromatic N) is 2. The molecule has 0 saturated carbocycles. The van der Waals surface area contributed by atoms with Crippen molar-refractivity contribution in [3.8, 4) is 6.07 Å². The molecule has 26 heavy (non-hydrogen) atoms. The van der Waals surface area contributed by atoms with Gasteiger partial charge in [-0.15, -0.1) is 0 Å². The van der Waals surface area contributed by atoms with Crippen LogP contribution in [0.1, 0.15) is 16.7 Å². The van der Waals surface area contributed by atoms with E-state index in [1.54, 1.807) is 30.3 Å². The average molecular weight is 353 g/mol. The summed E-state index contributed by atoms with van der Waals surface area (Å²) in [5.41, 5.74) is 1.27. The van der Waals surface area contributed by atoms with Crippen LogP contribution < -0.4 is 5.32 Å². The van der Waals surface area contributed by atoms with Gasteiger partial charge in [0.05, 0.1) is 23.0 Å². The molecule has 8 heteroatoms. The predicted octanol–water partition coefficient (Wildman–Crippen LogP) is 1.82. The monoisotopic (exact) mass is 353 g/mol. The molecule has 0 aliphatic rings. The Balaban J connectivity index is 2.06. The van der Waals surface area contributed by atoms with Gasteiger partial charge in [0, 0.05) is 18.6 Å². The Bertz CT molecular complexity index is 888. The molecule has 0 aliphatic carbocycles. The Labute approximate surface area is 148 Å². The van der Waals surface area contributed by atoms with E-state index in [2.05, 4.69) is 5.32 Å². The third kappa shape index (κ3) is 5.14. The minimum absolute atomic E-state index is 0.0194. The van der Waals surface area contributed by atoms with Crippen LogP contribution in [0.4, 0.5) is 5.69 Å². The molecular formula is C18H15N3O5. The first-order valence-corrected chi connectivity index (χ1v) is 7.63. The Morgan fingerprint density at radius 3 is 2.54 bits per heavy atom. The maximum absolute atomic E-state index is 12.1. The van der Waals surface area contributed by atoms with Gasteiger partial charge in [0.25, 0.3) is 5.69 Å². The van der Waals surface area contributed by atoms with Crippen molar-refractivity contribution < 1.29 is 19.6 Å². The first kappa shape index (κ1) is 18.6. The molecule has 0 radical (unpaired) electrons. The summed E-state index contributed by atoms with van der Waals surface area (Å²) in [5, 5.41) is 31.4. The highest BCUT2D eigenvalue weighted by molar-refractivity contribution is 5.85. The fraction of sp³-hybridized carbons (Fsp3) is 0.167. The molecule has 0 aliphatic heterocycles. The summed E-state index contributed by atoms with van der Waals surface area (Å²) < 4.78 is 0. The number of hydrogen-bond donors (Lipinski definition) is 2. The van der Waals surface area contributed by atoms with Crippen molar-refractivity contribution in [2.24, 2.45) is 0 Å². The number of amides is 1. The van der Waals surface area contributed by atoms with Crippen LogP contribution >= 0.6 is 0 Å². The lowest BCUT2D eigenvalue weighted by atomic mass is 10.0. The molecule has 2 N–H and O–H groups in total. The molecule has 0 spiro atoms. The number of carboxylic acids is 1. The summed E-state index contributed by atoms with van der Waals surface area (Å²) >= 11 is 0. The molecular weight excluding hydrogens is 338 g/mol. The molecule has 0 saturated heterocycles.